The third-order valence-corrected chi connectivity index (χ3v) is 8.05. The van der Waals surface area contributed by atoms with Crippen molar-refractivity contribution in [1.29, 1.82) is 0 Å². The van der Waals surface area contributed by atoms with Crippen molar-refractivity contribution in [2.75, 3.05) is 23.9 Å². The average Bonchev–Trinajstić information content (AvgIpc) is 3.56. The van der Waals surface area contributed by atoms with Crippen LogP contribution in [0, 0.1) is 0 Å². The van der Waals surface area contributed by atoms with Crippen molar-refractivity contribution in [2.24, 2.45) is 0 Å². The number of nitrogens with zero attached hydrogens (tertiary/aromatic N) is 2. The molecule has 0 saturated heterocycles. The highest BCUT2D eigenvalue weighted by Gasteiger charge is 2.29. The fourth-order valence-corrected chi connectivity index (χ4v) is 5.76. The molecule has 9 nitrogen and oxygen atoms in total. The number of rotatable bonds is 11. The van der Waals surface area contributed by atoms with Crippen LogP contribution < -0.4 is 19.1 Å². The maximum absolute atomic E-state index is 13.4. The minimum atomic E-state index is -3.60. The van der Waals surface area contributed by atoms with E-state index in [0.29, 0.717) is 30.2 Å². The van der Waals surface area contributed by atoms with Crippen LogP contribution in [0.3, 0.4) is 0 Å². The lowest BCUT2D eigenvalue weighted by molar-refractivity contribution is -0.141. The van der Waals surface area contributed by atoms with Gasteiger partial charge in [0.25, 0.3) is 0 Å². The van der Waals surface area contributed by atoms with Gasteiger partial charge in [-0.15, -0.1) is 0 Å². The fourth-order valence-electron chi connectivity index (χ4n) is 4.80. The second kappa shape index (κ2) is 11.9. The highest BCUT2D eigenvalue weighted by atomic mass is 32.2. The largest absolute Gasteiger partial charge is 0.454 e. The number of nitrogens with one attached hydrogen (secondary N) is 1. The SMILES string of the molecule is C[C@@H](C(=O)NC1CCCC1)N(Cc1ccccc1)C(=O)CCCN(c1ccc2c(c1)OCO2)S(C)(=O)=O. The van der Waals surface area contributed by atoms with E-state index >= 15 is 0 Å². The van der Waals surface area contributed by atoms with Gasteiger partial charge in [0, 0.05) is 31.6 Å². The topological polar surface area (TPSA) is 105 Å². The summed E-state index contributed by atoms with van der Waals surface area (Å²) < 4.78 is 37.1. The molecule has 1 atom stereocenters. The Morgan fingerprint density at radius 3 is 2.46 bits per heavy atom. The van der Waals surface area contributed by atoms with Crippen LogP contribution in [0.4, 0.5) is 5.69 Å². The van der Waals surface area contributed by atoms with E-state index in [1.165, 1.54) is 4.31 Å². The minimum absolute atomic E-state index is 0.0932. The molecule has 1 N–H and O–H groups in total. The van der Waals surface area contributed by atoms with Gasteiger partial charge in [0.15, 0.2) is 11.5 Å². The summed E-state index contributed by atoms with van der Waals surface area (Å²) in [6.45, 7) is 2.26. The number of ether oxygens (including phenoxy) is 2. The molecule has 0 aromatic heterocycles. The van der Waals surface area contributed by atoms with Crippen molar-refractivity contribution in [1.82, 2.24) is 10.2 Å². The molecular weight excluding hydrogens is 494 g/mol. The first-order chi connectivity index (χ1) is 17.7. The van der Waals surface area contributed by atoms with Gasteiger partial charge in [-0.1, -0.05) is 43.2 Å². The van der Waals surface area contributed by atoms with E-state index in [-0.39, 0.29) is 37.6 Å². The summed E-state index contributed by atoms with van der Waals surface area (Å²) in [7, 11) is -3.60. The van der Waals surface area contributed by atoms with E-state index in [4.69, 9.17) is 9.47 Å². The van der Waals surface area contributed by atoms with Crippen LogP contribution in [-0.4, -0.2) is 56.8 Å². The maximum Gasteiger partial charge on any atom is 0.242 e. The number of hydrogen-bond donors (Lipinski definition) is 1. The van der Waals surface area contributed by atoms with Gasteiger partial charge >= 0.3 is 0 Å². The molecule has 37 heavy (non-hydrogen) atoms. The Bertz CT molecular complexity index is 1200. The molecule has 1 fully saturated rings. The highest BCUT2D eigenvalue weighted by Crippen LogP contribution is 2.36. The Morgan fingerprint density at radius 1 is 1.05 bits per heavy atom. The van der Waals surface area contributed by atoms with E-state index in [1.54, 1.807) is 30.0 Å². The smallest absolute Gasteiger partial charge is 0.242 e. The normalized spacial score (nSPS) is 15.8. The van der Waals surface area contributed by atoms with Crippen molar-refractivity contribution in [2.45, 2.75) is 64.1 Å². The second-order valence-corrected chi connectivity index (χ2v) is 11.6. The molecule has 1 saturated carbocycles. The number of carbonyl (C=O) groups excluding carboxylic acids is 2. The van der Waals surface area contributed by atoms with E-state index in [0.717, 1.165) is 37.5 Å². The van der Waals surface area contributed by atoms with Crippen molar-refractivity contribution in [3.8, 4) is 11.5 Å². The maximum atomic E-state index is 13.4. The molecule has 1 heterocycles. The molecule has 0 bridgehead atoms. The molecule has 0 radical (unpaired) electrons. The van der Waals surface area contributed by atoms with Gasteiger partial charge in [-0.05, 0) is 43.9 Å². The Morgan fingerprint density at radius 2 is 1.76 bits per heavy atom. The molecule has 2 aromatic carbocycles. The molecular formula is C27H35N3O6S. The summed E-state index contributed by atoms with van der Waals surface area (Å²) in [5.74, 6) is 0.693. The quantitative estimate of drug-likeness (QED) is 0.478. The third kappa shape index (κ3) is 6.94. The standard InChI is InChI=1S/C27H35N3O6S/c1-20(27(32)28-22-11-6-7-12-22)29(18-21-9-4-3-5-10-21)26(31)13-8-16-30(37(2,33)34)23-14-15-24-25(17-23)36-19-35-24/h3-5,9-10,14-15,17,20,22H,6-8,11-13,16,18-19H2,1-2H3,(H,28,32)/t20-/m0/s1. The van der Waals surface area contributed by atoms with Gasteiger partial charge in [0.2, 0.25) is 28.6 Å². The average molecular weight is 530 g/mol. The molecule has 2 aromatic rings. The van der Waals surface area contributed by atoms with Crippen LogP contribution in [-0.2, 0) is 26.2 Å². The molecule has 200 valence electrons. The van der Waals surface area contributed by atoms with Gasteiger partial charge < -0.3 is 19.7 Å². The Labute approximate surface area is 218 Å². The van der Waals surface area contributed by atoms with Crippen molar-refractivity contribution >= 4 is 27.5 Å². The Hall–Kier alpha value is -3.27. The number of fused-ring (bicyclic) bond motifs is 1. The third-order valence-electron chi connectivity index (χ3n) is 6.86. The zero-order chi connectivity index (χ0) is 26.4. The fraction of sp³-hybridized carbons (Fsp3) is 0.481. The highest BCUT2D eigenvalue weighted by molar-refractivity contribution is 7.92. The van der Waals surface area contributed by atoms with E-state index in [9.17, 15) is 18.0 Å². The predicted octanol–water partition coefficient (Wildman–Crippen LogP) is 3.44. The molecule has 0 unspecified atom stereocenters. The van der Waals surface area contributed by atoms with E-state index in [1.807, 2.05) is 30.3 Å². The number of benzene rings is 2. The van der Waals surface area contributed by atoms with Crippen molar-refractivity contribution in [3.05, 3.63) is 54.1 Å². The van der Waals surface area contributed by atoms with Gasteiger partial charge in [0.1, 0.15) is 6.04 Å². The first-order valence-electron chi connectivity index (χ1n) is 12.7. The molecule has 1 aliphatic heterocycles. The lowest BCUT2D eigenvalue weighted by Gasteiger charge is -2.30. The summed E-state index contributed by atoms with van der Waals surface area (Å²) in [6.07, 6.45) is 5.67. The molecule has 1 aliphatic carbocycles. The molecule has 2 amide bonds. The van der Waals surface area contributed by atoms with Crippen LogP contribution in [0.5, 0.6) is 11.5 Å². The van der Waals surface area contributed by atoms with Crippen molar-refractivity contribution in [3.63, 3.8) is 0 Å². The van der Waals surface area contributed by atoms with Crippen LogP contribution in [0.2, 0.25) is 0 Å². The molecule has 0 spiro atoms. The first-order valence-corrected chi connectivity index (χ1v) is 14.6. The Balaban J connectivity index is 1.43. The summed E-state index contributed by atoms with van der Waals surface area (Å²) in [6, 6.07) is 14.0. The van der Waals surface area contributed by atoms with Gasteiger partial charge in [-0.25, -0.2) is 8.42 Å². The zero-order valence-corrected chi connectivity index (χ0v) is 22.2. The van der Waals surface area contributed by atoms with Gasteiger partial charge in [-0.2, -0.15) is 0 Å². The first kappa shape index (κ1) is 26.8. The van der Waals surface area contributed by atoms with E-state index < -0.39 is 16.1 Å². The van der Waals surface area contributed by atoms with Crippen LogP contribution in [0.1, 0.15) is 51.0 Å². The number of carbonyl (C=O) groups is 2. The second-order valence-electron chi connectivity index (χ2n) is 9.65. The summed E-state index contributed by atoms with van der Waals surface area (Å²) in [4.78, 5) is 28.0. The lowest BCUT2D eigenvalue weighted by Crippen LogP contribution is -2.49. The number of amides is 2. The zero-order valence-electron chi connectivity index (χ0n) is 21.4. The van der Waals surface area contributed by atoms with Crippen LogP contribution in [0.15, 0.2) is 48.5 Å². The summed E-state index contributed by atoms with van der Waals surface area (Å²) >= 11 is 0. The van der Waals surface area contributed by atoms with Crippen molar-refractivity contribution < 1.29 is 27.5 Å². The van der Waals surface area contributed by atoms with Crippen LogP contribution >= 0.6 is 0 Å². The minimum Gasteiger partial charge on any atom is -0.454 e. The summed E-state index contributed by atoms with van der Waals surface area (Å²) in [5.41, 5.74) is 1.37. The van der Waals surface area contributed by atoms with Gasteiger partial charge in [-0.3, -0.25) is 13.9 Å². The summed E-state index contributed by atoms with van der Waals surface area (Å²) in [5, 5.41) is 3.09. The van der Waals surface area contributed by atoms with Gasteiger partial charge in [0.05, 0.1) is 11.9 Å². The number of hydrogen-bond acceptors (Lipinski definition) is 6. The molecule has 2 aliphatic rings. The lowest BCUT2D eigenvalue weighted by atomic mass is 10.1. The number of anilines is 1. The van der Waals surface area contributed by atoms with E-state index in [2.05, 4.69) is 5.32 Å². The predicted molar refractivity (Wildman–Crippen MR) is 141 cm³/mol. The van der Waals surface area contributed by atoms with Crippen LogP contribution in [0.25, 0.3) is 0 Å². The monoisotopic (exact) mass is 529 g/mol. The molecule has 10 heteroatoms. The molecule has 4 rings (SSSR count). The Kier molecular flexibility index (Phi) is 8.58. The number of sulfonamides is 1.